The third-order valence-corrected chi connectivity index (χ3v) is 2.85. The van der Waals surface area contributed by atoms with Gasteiger partial charge in [0.25, 0.3) is 0 Å². The average Bonchev–Trinajstić information content (AvgIpc) is 2.39. The smallest absolute Gasteiger partial charge is 0.0417 e. The molecular weight excluding hydrogens is 220 g/mol. The van der Waals surface area contributed by atoms with Crippen LogP contribution in [0.3, 0.4) is 0 Å². The van der Waals surface area contributed by atoms with Gasteiger partial charge in [-0.1, -0.05) is 36.4 Å². The molecule has 0 atom stereocenters. The minimum atomic E-state index is 1.03. The standard InChI is InChI=1S/C15H13N.CH3N/c1-2-5-15-12-13(6-7-14(15)4-1)8-11-16-9-3-10-16;1-2/h1-9,11-12H,10H2;2H,1H2/b11-8+;. The molecule has 1 heterocycles. The number of rotatable bonds is 2. The first-order valence-corrected chi connectivity index (χ1v) is 5.87. The Morgan fingerprint density at radius 2 is 1.78 bits per heavy atom. The van der Waals surface area contributed by atoms with Crippen molar-refractivity contribution in [3.63, 3.8) is 0 Å². The molecular formula is C16H16N2. The van der Waals surface area contributed by atoms with Crippen LogP contribution in [0.2, 0.25) is 0 Å². The lowest BCUT2D eigenvalue weighted by atomic mass is 10.1. The van der Waals surface area contributed by atoms with E-state index in [-0.39, 0.29) is 0 Å². The Balaban J connectivity index is 0.000000574. The summed E-state index contributed by atoms with van der Waals surface area (Å²) in [4.78, 5) is 2.16. The average molecular weight is 236 g/mol. The van der Waals surface area contributed by atoms with E-state index in [1.807, 2.05) is 0 Å². The Morgan fingerprint density at radius 3 is 2.44 bits per heavy atom. The molecule has 0 amide bonds. The number of fused-ring (bicyclic) bond motifs is 1. The van der Waals surface area contributed by atoms with Gasteiger partial charge in [0.05, 0.1) is 0 Å². The van der Waals surface area contributed by atoms with Gasteiger partial charge in [0, 0.05) is 18.9 Å². The van der Waals surface area contributed by atoms with Gasteiger partial charge in [0.15, 0.2) is 0 Å². The highest BCUT2D eigenvalue weighted by atomic mass is 15.1. The fourth-order valence-electron chi connectivity index (χ4n) is 1.83. The van der Waals surface area contributed by atoms with Gasteiger partial charge < -0.3 is 10.3 Å². The molecule has 3 rings (SSSR count). The SMILES string of the molecule is C1=CN(/C=C/c2ccc3ccccc3c2)C1.C=N. The van der Waals surface area contributed by atoms with Crippen LogP contribution < -0.4 is 0 Å². The summed E-state index contributed by atoms with van der Waals surface area (Å²) in [5.41, 5.74) is 1.25. The molecule has 1 aliphatic heterocycles. The lowest BCUT2D eigenvalue weighted by Gasteiger charge is -2.19. The van der Waals surface area contributed by atoms with Crippen molar-refractivity contribution >= 4 is 23.6 Å². The molecule has 2 heteroatoms. The zero-order valence-electron chi connectivity index (χ0n) is 10.2. The largest absolute Gasteiger partial charge is 0.351 e. The zero-order chi connectivity index (χ0) is 12.8. The van der Waals surface area contributed by atoms with Crippen molar-refractivity contribution in [3.8, 4) is 0 Å². The molecule has 0 saturated heterocycles. The van der Waals surface area contributed by atoms with Gasteiger partial charge in [-0.2, -0.15) is 0 Å². The van der Waals surface area contributed by atoms with E-state index in [4.69, 9.17) is 5.41 Å². The van der Waals surface area contributed by atoms with Crippen LogP contribution in [0.1, 0.15) is 5.56 Å². The highest BCUT2D eigenvalue weighted by Crippen LogP contribution is 2.17. The topological polar surface area (TPSA) is 27.1 Å². The van der Waals surface area contributed by atoms with Crippen molar-refractivity contribution in [2.24, 2.45) is 0 Å². The fraction of sp³-hybridized carbons (Fsp3) is 0.0625. The molecule has 90 valence electrons. The van der Waals surface area contributed by atoms with Gasteiger partial charge in [-0.05, 0) is 41.3 Å². The molecule has 2 nitrogen and oxygen atoms in total. The molecule has 0 saturated carbocycles. The first-order valence-electron chi connectivity index (χ1n) is 5.87. The van der Waals surface area contributed by atoms with Crippen molar-refractivity contribution in [2.75, 3.05) is 6.54 Å². The van der Waals surface area contributed by atoms with Gasteiger partial charge >= 0.3 is 0 Å². The van der Waals surface area contributed by atoms with Crippen LogP contribution in [-0.2, 0) is 0 Å². The summed E-state index contributed by atoms with van der Waals surface area (Å²) in [5.74, 6) is 0. The van der Waals surface area contributed by atoms with E-state index >= 15 is 0 Å². The highest BCUT2D eigenvalue weighted by Gasteiger charge is 1.98. The number of hydrogen-bond acceptors (Lipinski definition) is 2. The number of benzene rings is 2. The zero-order valence-corrected chi connectivity index (χ0v) is 10.2. The summed E-state index contributed by atoms with van der Waals surface area (Å²) in [5, 5.41) is 8.09. The van der Waals surface area contributed by atoms with Gasteiger partial charge in [-0.3, -0.25) is 0 Å². The molecule has 0 unspecified atom stereocenters. The van der Waals surface area contributed by atoms with Crippen LogP contribution in [0.5, 0.6) is 0 Å². The quantitative estimate of drug-likeness (QED) is 0.786. The monoisotopic (exact) mass is 236 g/mol. The molecule has 2 aromatic rings. The van der Waals surface area contributed by atoms with Crippen LogP contribution in [0.15, 0.2) is 60.9 Å². The third-order valence-electron chi connectivity index (χ3n) is 2.85. The predicted octanol–water partition coefficient (Wildman–Crippen LogP) is 3.91. The van der Waals surface area contributed by atoms with E-state index in [2.05, 4.69) is 78.6 Å². The van der Waals surface area contributed by atoms with Gasteiger partial charge in [0.1, 0.15) is 0 Å². The molecule has 2 aromatic carbocycles. The molecule has 0 aromatic heterocycles. The molecule has 0 spiro atoms. The maximum Gasteiger partial charge on any atom is 0.0417 e. The van der Waals surface area contributed by atoms with Gasteiger partial charge in [0.2, 0.25) is 0 Å². The Hall–Kier alpha value is -2.35. The predicted molar refractivity (Wildman–Crippen MR) is 78.7 cm³/mol. The van der Waals surface area contributed by atoms with Crippen LogP contribution in [-0.4, -0.2) is 18.2 Å². The third kappa shape index (κ3) is 2.66. The molecule has 1 aliphatic rings. The van der Waals surface area contributed by atoms with E-state index in [0.717, 1.165) is 6.54 Å². The Labute approximate surface area is 107 Å². The summed E-state index contributed by atoms with van der Waals surface area (Å²) in [6, 6.07) is 15.0. The van der Waals surface area contributed by atoms with Crippen molar-refractivity contribution in [1.82, 2.24) is 4.90 Å². The minimum absolute atomic E-state index is 1.03. The summed E-state index contributed by atoms with van der Waals surface area (Å²) < 4.78 is 0. The van der Waals surface area contributed by atoms with Crippen LogP contribution >= 0.6 is 0 Å². The fourth-order valence-corrected chi connectivity index (χ4v) is 1.83. The van der Waals surface area contributed by atoms with E-state index in [9.17, 15) is 0 Å². The Morgan fingerprint density at radius 1 is 1.06 bits per heavy atom. The van der Waals surface area contributed by atoms with E-state index in [1.165, 1.54) is 16.3 Å². The minimum Gasteiger partial charge on any atom is -0.351 e. The normalized spacial score (nSPS) is 13.2. The number of nitrogens with one attached hydrogen (secondary N) is 1. The maximum absolute atomic E-state index is 5.50. The molecule has 0 aliphatic carbocycles. The first kappa shape index (κ1) is 12.1. The molecule has 0 bridgehead atoms. The summed E-state index contributed by atoms with van der Waals surface area (Å²) in [6.45, 7) is 3.53. The molecule has 0 fully saturated rings. The summed E-state index contributed by atoms with van der Waals surface area (Å²) in [7, 11) is 0. The second kappa shape index (κ2) is 5.82. The molecule has 1 N–H and O–H groups in total. The molecule has 0 radical (unpaired) electrons. The van der Waals surface area contributed by atoms with Crippen molar-refractivity contribution < 1.29 is 0 Å². The van der Waals surface area contributed by atoms with Crippen molar-refractivity contribution in [1.29, 1.82) is 5.41 Å². The lowest BCUT2D eigenvalue weighted by molar-refractivity contribution is 0.514. The van der Waals surface area contributed by atoms with Gasteiger partial charge in [-0.15, -0.1) is 0 Å². The van der Waals surface area contributed by atoms with Crippen LogP contribution in [0.25, 0.3) is 16.8 Å². The Kier molecular flexibility index (Phi) is 3.92. The van der Waals surface area contributed by atoms with Crippen LogP contribution in [0.4, 0.5) is 0 Å². The van der Waals surface area contributed by atoms with Crippen molar-refractivity contribution in [3.05, 3.63) is 66.5 Å². The second-order valence-corrected chi connectivity index (χ2v) is 4.00. The van der Waals surface area contributed by atoms with Crippen LogP contribution in [0, 0.1) is 5.41 Å². The van der Waals surface area contributed by atoms with E-state index < -0.39 is 0 Å². The number of hydrogen-bond donors (Lipinski definition) is 1. The van der Waals surface area contributed by atoms with E-state index in [0.29, 0.717) is 0 Å². The van der Waals surface area contributed by atoms with Gasteiger partial charge in [-0.25, -0.2) is 0 Å². The maximum atomic E-state index is 5.50. The molecule has 18 heavy (non-hydrogen) atoms. The first-order chi connectivity index (χ1) is 8.92. The van der Waals surface area contributed by atoms with E-state index in [1.54, 1.807) is 0 Å². The Bertz CT molecular complexity index is 584. The highest BCUT2D eigenvalue weighted by molar-refractivity contribution is 5.84. The summed E-state index contributed by atoms with van der Waals surface area (Å²) in [6.07, 6.45) is 8.49. The summed E-state index contributed by atoms with van der Waals surface area (Å²) >= 11 is 0. The lowest BCUT2D eigenvalue weighted by Crippen LogP contribution is -2.16. The van der Waals surface area contributed by atoms with Crippen molar-refractivity contribution in [2.45, 2.75) is 0 Å². The second-order valence-electron chi connectivity index (χ2n) is 4.00. The number of nitrogens with zero attached hydrogens (tertiary/aromatic N) is 1.